The number of rotatable bonds is 2. The Morgan fingerprint density at radius 3 is 2.88 bits per heavy atom. The van der Waals surface area contributed by atoms with Crippen molar-refractivity contribution in [2.45, 2.75) is 6.42 Å². The molecule has 1 amide bonds. The molecule has 6 nitrogen and oxygen atoms in total. The molecule has 1 aromatic carbocycles. The van der Waals surface area contributed by atoms with Gasteiger partial charge in [0.05, 0.1) is 18.1 Å². The molecule has 128 valence electrons. The maximum Gasteiger partial charge on any atom is 0.256 e. The highest BCUT2D eigenvalue weighted by molar-refractivity contribution is 5.94. The number of benzene rings is 1. The largest absolute Gasteiger partial charge is 0.353 e. The Bertz CT molecular complexity index is 909. The number of carbonyl (C=O) groups is 1. The molecule has 0 saturated carbocycles. The summed E-state index contributed by atoms with van der Waals surface area (Å²) in [5.74, 6) is 0.134. The SMILES string of the molecule is O=C(c1ccccc1F)N1CCCN(c2nccn3cncc23)CC1. The molecule has 0 aliphatic carbocycles. The van der Waals surface area contributed by atoms with Gasteiger partial charge in [-0.2, -0.15) is 0 Å². The van der Waals surface area contributed by atoms with Crippen molar-refractivity contribution in [3.63, 3.8) is 0 Å². The van der Waals surface area contributed by atoms with E-state index in [4.69, 9.17) is 0 Å². The summed E-state index contributed by atoms with van der Waals surface area (Å²) in [6.07, 6.45) is 7.94. The second-order valence-electron chi connectivity index (χ2n) is 6.05. The number of carbonyl (C=O) groups excluding carboxylic acids is 1. The van der Waals surface area contributed by atoms with E-state index in [2.05, 4.69) is 14.9 Å². The summed E-state index contributed by atoms with van der Waals surface area (Å²) in [6, 6.07) is 6.13. The molecule has 1 saturated heterocycles. The molecule has 0 N–H and O–H groups in total. The molecule has 1 fully saturated rings. The molecule has 3 aromatic rings. The molecular weight excluding hydrogens is 321 g/mol. The number of halogens is 1. The number of anilines is 1. The van der Waals surface area contributed by atoms with Crippen molar-refractivity contribution in [2.75, 3.05) is 31.1 Å². The number of nitrogens with zero attached hydrogens (tertiary/aromatic N) is 5. The number of imidazole rings is 1. The van der Waals surface area contributed by atoms with Crippen LogP contribution in [0, 0.1) is 5.82 Å². The second-order valence-corrected chi connectivity index (χ2v) is 6.05. The molecule has 1 aliphatic heterocycles. The zero-order valence-corrected chi connectivity index (χ0v) is 13.7. The monoisotopic (exact) mass is 339 g/mol. The number of hydrogen-bond acceptors (Lipinski definition) is 4. The fraction of sp³-hybridized carbons (Fsp3) is 0.278. The van der Waals surface area contributed by atoms with Gasteiger partial charge in [0.15, 0.2) is 5.82 Å². The van der Waals surface area contributed by atoms with Crippen LogP contribution in [0.1, 0.15) is 16.8 Å². The lowest BCUT2D eigenvalue weighted by Gasteiger charge is -2.23. The van der Waals surface area contributed by atoms with Gasteiger partial charge in [0.1, 0.15) is 11.3 Å². The molecule has 7 heteroatoms. The van der Waals surface area contributed by atoms with Crippen LogP contribution in [0.5, 0.6) is 0 Å². The van der Waals surface area contributed by atoms with E-state index < -0.39 is 5.82 Å². The van der Waals surface area contributed by atoms with E-state index in [9.17, 15) is 9.18 Å². The van der Waals surface area contributed by atoms with Crippen molar-refractivity contribution in [3.05, 3.63) is 60.6 Å². The number of aromatic nitrogens is 3. The van der Waals surface area contributed by atoms with Crippen LogP contribution in [0.4, 0.5) is 10.2 Å². The van der Waals surface area contributed by atoms with Crippen LogP contribution in [0.3, 0.4) is 0 Å². The maximum atomic E-state index is 13.9. The molecule has 0 atom stereocenters. The number of hydrogen-bond donors (Lipinski definition) is 0. The second kappa shape index (κ2) is 6.51. The zero-order valence-electron chi connectivity index (χ0n) is 13.7. The summed E-state index contributed by atoms with van der Waals surface area (Å²) in [4.78, 5) is 25.2. The summed E-state index contributed by atoms with van der Waals surface area (Å²) in [7, 11) is 0. The summed E-state index contributed by atoms with van der Waals surface area (Å²) >= 11 is 0. The van der Waals surface area contributed by atoms with Crippen LogP contribution in [-0.4, -0.2) is 51.4 Å². The van der Waals surface area contributed by atoms with Gasteiger partial charge in [0.2, 0.25) is 0 Å². The quantitative estimate of drug-likeness (QED) is 0.718. The van der Waals surface area contributed by atoms with Crippen molar-refractivity contribution in [1.29, 1.82) is 0 Å². The first kappa shape index (κ1) is 15.6. The van der Waals surface area contributed by atoms with E-state index in [1.807, 2.05) is 10.6 Å². The van der Waals surface area contributed by atoms with Crippen LogP contribution < -0.4 is 4.90 Å². The minimum absolute atomic E-state index is 0.131. The van der Waals surface area contributed by atoms with Gasteiger partial charge in [-0.15, -0.1) is 0 Å². The number of amides is 1. The number of fused-ring (bicyclic) bond motifs is 1. The third-order valence-corrected chi connectivity index (χ3v) is 4.51. The Labute approximate surface area is 144 Å². The summed E-state index contributed by atoms with van der Waals surface area (Å²) in [5, 5.41) is 0. The predicted molar refractivity (Wildman–Crippen MR) is 92.1 cm³/mol. The van der Waals surface area contributed by atoms with Crippen molar-refractivity contribution < 1.29 is 9.18 Å². The molecule has 3 heterocycles. The van der Waals surface area contributed by atoms with Crippen LogP contribution in [0.25, 0.3) is 5.52 Å². The summed E-state index contributed by atoms with van der Waals surface area (Å²) < 4.78 is 15.8. The minimum Gasteiger partial charge on any atom is -0.353 e. The van der Waals surface area contributed by atoms with E-state index in [1.165, 1.54) is 12.1 Å². The van der Waals surface area contributed by atoms with Gasteiger partial charge in [-0.1, -0.05) is 12.1 Å². The summed E-state index contributed by atoms with van der Waals surface area (Å²) in [5.41, 5.74) is 1.07. The third-order valence-electron chi connectivity index (χ3n) is 4.51. The van der Waals surface area contributed by atoms with Crippen molar-refractivity contribution in [2.24, 2.45) is 0 Å². The van der Waals surface area contributed by atoms with Gasteiger partial charge in [0.25, 0.3) is 5.91 Å². The molecule has 0 unspecified atom stereocenters. The fourth-order valence-electron chi connectivity index (χ4n) is 3.22. The first-order chi connectivity index (χ1) is 12.2. The van der Waals surface area contributed by atoms with E-state index in [0.717, 1.165) is 24.3 Å². The average molecular weight is 339 g/mol. The molecule has 0 spiro atoms. The highest BCUT2D eigenvalue weighted by Crippen LogP contribution is 2.20. The third kappa shape index (κ3) is 2.93. The lowest BCUT2D eigenvalue weighted by Crippen LogP contribution is -2.35. The van der Waals surface area contributed by atoms with Crippen molar-refractivity contribution in [1.82, 2.24) is 19.3 Å². The van der Waals surface area contributed by atoms with Gasteiger partial charge in [-0.3, -0.25) is 4.79 Å². The Morgan fingerprint density at radius 1 is 1.12 bits per heavy atom. The van der Waals surface area contributed by atoms with E-state index in [0.29, 0.717) is 19.6 Å². The van der Waals surface area contributed by atoms with Crippen LogP contribution in [-0.2, 0) is 0 Å². The Hall–Kier alpha value is -2.96. The van der Waals surface area contributed by atoms with Gasteiger partial charge < -0.3 is 14.2 Å². The van der Waals surface area contributed by atoms with Crippen LogP contribution in [0.15, 0.2) is 49.2 Å². The van der Waals surface area contributed by atoms with Gasteiger partial charge in [-0.25, -0.2) is 14.4 Å². The maximum absolute atomic E-state index is 13.9. The molecule has 1 aliphatic rings. The van der Waals surface area contributed by atoms with E-state index in [1.54, 1.807) is 35.8 Å². The lowest BCUT2D eigenvalue weighted by atomic mass is 10.2. The fourth-order valence-corrected chi connectivity index (χ4v) is 3.22. The average Bonchev–Trinajstić information content (AvgIpc) is 2.98. The van der Waals surface area contributed by atoms with Gasteiger partial charge in [0, 0.05) is 38.6 Å². The molecule has 4 rings (SSSR count). The van der Waals surface area contributed by atoms with Crippen LogP contribution in [0.2, 0.25) is 0 Å². The Morgan fingerprint density at radius 2 is 2.00 bits per heavy atom. The first-order valence-corrected chi connectivity index (χ1v) is 8.29. The molecule has 0 bridgehead atoms. The van der Waals surface area contributed by atoms with Crippen molar-refractivity contribution >= 4 is 17.2 Å². The Kier molecular flexibility index (Phi) is 4.05. The van der Waals surface area contributed by atoms with E-state index >= 15 is 0 Å². The molecule has 25 heavy (non-hydrogen) atoms. The minimum atomic E-state index is -0.473. The molecule has 0 radical (unpaired) electrons. The Balaban J connectivity index is 1.54. The molecular formula is C18H18FN5O. The smallest absolute Gasteiger partial charge is 0.256 e. The van der Waals surface area contributed by atoms with Gasteiger partial charge >= 0.3 is 0 Å². The first-order valence-electron chi connectivity index (χ1n) is 8.29. The van der Waals surface area contributed by atoms with Crippen molar-refractivity contribution in [3.8, 4) is 0 Å². The molecule has 2 aromatic heterocycles. The van der Waals surface area contributed by atoms with Crippen LogP contribution >= 0.6 is 0 Å². The van der Waals surface area contributed by atoms with E-state index in [-0.39, 0.29) is 11.5 Å². The van der Waals surface area contributed by atoms with Gasteiger partial charge in [-0.05, 0) is 18.6 Å². The highest BCUT2D eigenvalue weighted by Gasteiger charge is 2.23. The normalized spacial score (nSPS) is 15.4. The standard InChI is InChI=1S/C18H18FN5O/c19-15-5-2-1-4-14(15)18(25)23-8-3-7-22(10-11-23)17-16-12-20-13-24(16)9-6-21-17/h1-2,4-6,9,12-13H,3,7-8,10-11H2. The lowest BCUT2D eigenvalue weighted by molar-refractivity contribution is 0.0762. The zero-order chi connectivity index (χ0) is 17.2. The highest BCUT2D eigenvalue weighted by atomic mass is 19.1. The topological polar surface area (TPSA) is 53.7 Å². The predicted octanol–water partition coefficient (Wildman–Crippen LogP) is 2.22. The summed E-state index contributed by atoms with van der Waals surface area (Å²) in [6.45, 7) is 2.58.